The Morgan fingerprint density at radius 3 is 2.38 bits per heavy atom. The van der Waals surface area contributed by atoms with E-state index < -0.39 is 0 Å². The third kappa shape index (κ3) is 2.55. The van der Waals surface area contributed by atoms with Gasteiger partial charge < -0.3 is 5.32 Å². The van der Waals surface area contributed by atoms with E-state index in [0.29, 0.717) is 6.04 Å². The Hall–Kier alpha value is 0.140. The summed E-state index contributed by atoms with van der Waals surface area (Å²) in [5.74, 6) is 0. The molecule has 0 radical (unpaired) electrons. The number of halogens is 1. The van der Waals surface area contributed by atoms with Gasteiger partial charge in [-0.25, -0.2) is 0 Å². The van der Waals surface area contributed by atoms with Crippen LogP contribution >= 0.6 is 27.3 Å². The molecule has 0 bridgehead atoms. The summed E-state index contributed by atoms with van der Waals surface area (Å²) in [5.41, 5.74) is 0.252. The summed E-state index contributed by atoms with van der Waals surface area (Å²) in [7, 11) is 2.02. The van der Waals surface area contributed by atoms with Gasteiger partial charge in [-0.1, -0.05) is 20.8 Å². The van der Waals surface area contributed by atoms with Crippen molar-refractivity contribution in [3.63, 3.8) is 0 Å². The van der Waals surface area contributed by atoms with E-state index in [1.807, 2.05) is 7.05 Å². The molecule has 13 heavy (non-hydrogen) atoms. The van der Waals surface area contributed by atoms with Crippen molar-refractivity contribution >= 4 is 27.3 Å². The number of hydrogen-bond donors (Lipinski definition) is 1. The standard InChI is InChI=1S/C10H16BrNS/c1-10(2,3)9(12-4)8-7(11)5-6-13-8/h5-6,9,12H,1-4H3. The predicted octanol–water partition coefficient (Wildman–Crippen LogP) is 3.82. The molecule has 1 heterocycles. The number of nitrogens with one attached hydrogen (secondary N) is 1. The van der Waals surface area contributed by atoms with Gasteiger partial charge in [0.25, 0.3) is 0 Å². The monoisotopic (exact) mass is 261 g/mol. The van der Waals surface area contributed by atoms with Crippen LogP contribution in [0.1, 0.15) is 31.7 Å². The maximum atomic E-state index is 3.57. The third-order valence-electron chi connectivity index (χ3n) is 2.06. The lowest BCUT2D eigenvalue weighted by Gasteiger charge is -2.29. The number of rotatable bonds is 2. The maximum absolute atomic E-state index is 3.57. The molecule has 0 aromatic carbocycles. The molecule has 74 valence electrons. The molecule has 1 unspecified atom stereocenters. The van der Waals surface area contributed by atoms with E-state index in [1.165, 1.54) is 9.35 Å². The highest BCUT2D eigenvalue weighted by Gasteiger charge is 2.26. The molecule has 0 fully saturated rings. The largest absolute Gasteiger partial charge is 0.312 e. The first-order valence-electron chi connectivity index (χ1n) is 4.37. The van der Waals surface area contributed by atoms with E-state index in [1.54, 1.807) is 11.3 Å². The molecule has 0 spiro atoms. The zero-order valence-electron chi connectivity index (χ0n) is 8.52. The molecular formula is C10H16BrNS. The second kappa shape index (κ2) is 4.11. The third-order valence-corrected chi connectivity index (χ3v) is 4.00. The maximum Gasteiger partial charge on any atom is 0.0473 e. The van der Waals surface area contributed by atoms with Gasteiger partial charge in [0, 0.05) is 15.4 Å². The molecular weight excluding hydrogens is 246 g/mol. The van der Waals surface area contributed by atoms with Crippen molar-refractivity contribution < 1.29 is 0 Å². The minimum absolute atomic E-state index is 0.252. The van der Waals surface area contributed by atoms with E-state index >= 15 is 0 Å². The Balaban J connectivity index is 2.98. The summed E-state index contributed by atoms with van der Waals surface area (Å²) in [5, 5.41) is 5.49. The summed E-state index contributed by atoms with van der Waals surface area (Å²) in [6, 6.07) is 2.53. The summed E-state index contributed by atoms with van der Waals surface area (Å²) in [6.45, 7) is 6.75. The summed E-state index contributed by atoms with van der Waals surface area (Å²) in [6.07, 6.45) is 0. The lowest BCUT2D eigenvalue weighted by atomic mass is 9.86. The lowest BCUT2D eigenvalue weighted by Crippen LogP contribution is -2.29. The van der Waals surface area contributed by atoms with E-state index in [0.717, 1.165) is 0 Å². The van der Waals surface area contributed by atoms with E-state index in [2.05, 4.69) is 53.5 Å². The first kappa shape index (κ1) is 11.2. The second-order valence-corrected chi connectivity index (χ2v) is 6.02. The molecule has 1 aromatic heterocycles. The van der Waals surface area contributed by atoms with Crippen molar-refractivity contribution in [1.82, 2.24) is 5.32 Å². The Labute approximate surface area is 92.7 Å². The molecule has 1 nitrogen and oxygen atoms in total. The Bertz CT molecular complexity index is 275. The van der Waals surface area contributed by atoms with Crippen LogP contribution < -0.4 is 5.32 Å². The van der Waals surface area contributed by atoms with Crippen LogP contribution in [0.2, 0.25) is 0 Å². The smallest absolute Gasteiger partial charge is 0.0473 e. The topological polar surface area (TPSA) is 12.0 Å². The fourth-order valence-electron chi connectivity index (χ4n) is 1.47. The van der Waals surface area contributed by atoms with E-state index in [4.69, 9.17) is 0 Å². The highest BCUT2D eigenvalue weighted by molar-refractivity contribution is 9.10. The fourth-order valence-corrected chi connectivity index (χ4v) is 3.42. The van der Waals surface area contributed by atoms with Gasteiger partial charge in [0.05, 0.1) is 0 Å². The van der Waals surface area contributed by atoms with Gasteiger partial charge in [-0.15, -0.1) is 11.3 Å². The van der Waals surface area contributed by atoms with Crippen LogP contribution in [0.25, 0.3) is 0 Å². The zero-order chi connectivity index (χ0) is 10.1. The molecule has 1 N–H and O–H groups in total. The van der Waals surface area contributed by atoms with Crippen molar-refractivity contribution in [2.24, 2.45) is 5.41 Å². The van der Waals surface area contributed by atoms with E-state index in [9.17, 15) is 0 Å². The van der Waals surface area contributed by atoms with Crippen molar-refractivity contribution in [3.8, 4) is 0 Å². The van der Waals surface area contributed by atoms with Crippen LogP contribution in [-0.2, 0) is 0 Å². The van der Waals surface area contributed by atoms with Crippen molar-refractivity contribution in [2.45, 2.75) is 26.8 Å². The van der Waals surface area contributed by atoms with Crippen molar-refractivity contribution in [3.05, 3.63) is 20.8 Å². The predicted molar refractivity (Wildman–Crippen MR) is 63.3 cm³/mol. The molecule has 0 aliphatic carbocycles. The number of thiophene rings is 1. The first-order chi connectivity index (χ1) is 5.96. The lowest BCUT2D eigenvalue weighted by molar-refractivity contribution is 0.290. The highest BCUT2D eigenvalue weighted by atomic mass is 79.9. The zero-order valence-corrected chi connectivity index (χ0v) is 10.9. The molecule has 1 rings (SSSR count). The SMILES string of the molecule is CNC(c1sccc1Br)C(C)(C)C. The first-order valence-corrected chi connectivity index (χ1v) is 6.04. The average molecular weight is 262 g/mol. The van der Waals surface area contributed by atoms with Gasteiger partial charge in [-0.05, 0) is 39.8 Å². The van der Waals surface area contributed by atoms with Crippen LogP contribution in [-0.4, -0.2) is 7.05 Å². The summed E-state index contributed by atoms with van der Waals surface area (Å²) >= 11 is 5.37. The van der Waals surface area contributed by atoms with Crippen LogP contribution in [0.5, 0.6) is 0 Å². The highest BCUT2D eigenvalue weighted by Crippen LogP contribution is 2.38. The molecule has 3 heteroatoms. The average Bonchev–Trinajstić information content (AvgIpc) is 2.35. The van der Waals surface area contributed by atoms with Crippen molar-refractivity contribution in [1.29, 1.82) is 0 Å². The molecule has 0 amide bonds. The van der Waals surface area contributed by atoms with Crippen LogP contribution in [0.15, 0.2) is 15.9 Å². The summed E-state index contributed by atoms with van der Waals surface area (Å²) in [4.78, 5) is 1.38. The van der Waals surface area contributed by atoms with Gasteiger partial charge in [0.1, 0.15) is 0 Å². The molecule has 0 saturated carbocycles. The van der Waals surface area contributed by atoms with Crippen molar-refractivity contribution in [2.75, 3.05) is 7.05 Å². The second-order valence-electron chi connectivity index (χ2n) is 4.22. The van der Waals surface area contributed by atoms with Crippen LogP contribution in [0.4, 0.5) is 0 Å². The minimum Gasteiger partial charge on any atom is -0.312 e. The van der Waals surface area contributed by atoms with Gasteiger partial charge in [0.2, 0.25) is 0 Å². The normalized spacial score (nSPS) is 14.5. The Kier molecular flexibility index (Phi) is 3.55. The Morgan fingerprint density at radius 2 is 2.08 bits per heavy atom. The Morgan fingerprint density at radius 1 is 1.46 bits per heavy atom. The molecule has 0 saturated heterocycles. The van der Waals surface area contributed by atoms with Gasteiger partial charge in [-0.2, -0.15) is 0 Å². The van der Waals surface area contributed by atoms with Gasteiger partial charge in [-0.3, -0.25) is 0 Å². The van der Waals surface area contributed by atoms with Gasteiger partial charge >= 0.3 is 0 Å². The molecule has 1 atom stereocenters. The summed E-state index contributed by atoms with van der Waals surface area (Å²) < 4.78 is 1.21. The van der Waals surface area contributed by atoms with Crippen LogP contribution in [0, 0.1) is 5.41 Å². The fraction of sp³-hybridized carbons (Fsp3) is 0.600. The molecule has 0 aliphatic rings. The van der Waals surface area contributed by atoms with E-state index in [-0.39, 0.29) is 5.41 Å². The van der Waals surface area contributed by atoms with Crippen LogP contribution in [0.3, 0.4) is 0 Å². The molecule has 1 aromatic rings. The quantitative estimate of drug-likeness (QED) is 0.854. The minimum atomic E-state index is 0.252. The number of hydrogen-bond acceptors (Lipinski definition) is 2. The van der Waals surface area contributed by atoms with Gasteiger partial charge in [0.15, 0.2) is 0 Å². The molecule has 0 aliphatic heterocycles.